The van der Waals surface area contributed by atoms with E-state index >= 15 is 0 Å². The first-order chi connectivity index (χ1) is 10.8. The molecular weight excluding hydrogens is 280 g/mol. The number of fused-ring (bicyclic) bond motifs is 1. The standard InChI is InChI=1S/C16H16N4O2/c21-16(14-7-17-15-4-2-1-3-13(14)15)6-5-11-8-20(19-18-11)9-12-10-22-12/h1-4,7-8,12,17H,5-6,9-10H2/t12-/m0/s1. The highest BCUT2D eigenvalue weighted by Gasteiger charge is 2.23. The van der Waals surface area contributed by atoms with Gasteiger partial charge in [-0.2, -0.15) is 0 Å². The Morgan fingerprint density at radius 3 is 3.14 bits per heavy atom. The van der Waals surface area contributed by atoms with Gasteiger partial charge in [-0.3, -0.25) is 4.79 Å². The van der Waals surface area contributed by atoms with Gasteiger partial charge in [-0.05, 0) is 6.07 Å². The molecule has 3 heterocycles. The number of nitrogens with one attached hydrogen (secondary N) is 1. The van der Waals surface area contributed by atoms with E-state index in [9.17, 15) is 4.79 Å². The maximum atomic E-state index is 12.4. The Labute approximate surface area is 127 Å². The lowest BCUT2D eigenvalue weighted by Gasteiger charge is -1.98. The molecule has 0 bridgehead atoms. The number of aryl methyl sites for hydroxylation is 1. The maximum Gasteiger partial charge on any atom is 0.165 e. The second-order valence-corrected chi connectivity index (χ2v) is 5.56. The molecule has 1 fully saturated rings. The molecule has 0 amide bonds. The van der Waals surface area contributed by atoms with Crippen LogP contribution in [0.4, 0.5) is 0 Å². The molecule has 1 aliphatic heterocycles. The summed E-state index contributed by atoms with van der Waals surface area (Å²) in [4.78, 5) is 15.5. The Morgan fingerprint density at radius 1 is 1.41 bits per heavy atom. The van der Waals surface area contributed by atoms with E-state index in [0.29, 0.717) is 12.8 Å². The van der Waals surface area contributed by atoms with Gasteiger partial charge in [0.15, 0.2) is 5.78 Å². The van der Waals surface area contributed by atoms with Crippen molar-refractivity contribution in [2.24, 2.45) is 0 Å². The Kier molecular flexibility index (Phi) is 3.23. The van der Waals surface area contributed by atoms with Crippen LogP contribution in [0.2, 0.25) is 0 Å². The third-order valence-electron chi connectivity index (χ3n) is 3.88. The summed E-state index contributed by atoms with van der Waals surface area (Å²) in [5.41, 5.74) is 2.57. The van der Waals surface area contributed by atoms with Crippen molar-refractivity contribution in [3.63, 3.8) is 0 Å². The van der Waals surface area contributed by atoms with Gasteiger partial charge < -0.3 is 9.72 Å². The van der Waals surface area contributed by atoms with Crippen molar-refractivity contribution in [3.05, 3.63) is 47.9 Å². The van der Waals surface area contributed by atoms with E-state index in [1.54, 1.807) is 10.9 Å². The van der Waals surface area contributed by atoms with Crippen LogP contribution in [0.15, 0.2) is 36.7 Å². The van der Waals surface area contributed by atoms with Crippen molar-refractivity contribution in [3.8, 4) is 0 Å². The number of aromatic amines is 1. The summed E-state index contributed by atoms with van der Waals surface area (Å²) in [5.74, 6) is 0.123. The molecule has 6 nitrogen and oxygen atoms in total. The lowest BCUT2D eigenvalue weighted by molar-refractivity contribution is 0.0984. The Bertz CT molecular complexity index is 816. The largest absolute Gasteiger partial charge is 0.371 e. The smallest absolute Gasteiger partial charge is 0.165 e. The molecule has 1 saturated heterocycles. The number of carbonyl (C=O) groups excluding carboxylic acids is 1. The van der Waals surface area contributed by atoms with Crippen molar-refractivity contribution in [2.75, 3.05) is 6.61 Å². The molecule has 0 unspecified atom stereocenters. The van der Waals surface area contributed by atoms with E-state index in [-0.39, 0.29) is 11.9 Å². The van der Waals surface area contributed by atoms with Crippen LogP contribution in [0, 0.1) is 0 Å². The highest BCUT2D eigenvalue weighted by molar-refractivity contribution is 6.07. The average molecular weight is 296 g/mol. The van der Waals surface area contributed by atoms with Gasteiger partial charge in [0.05, 0.1) is 18.8 Å². The number of ether oxygens (including phenoxy) is 1. The van der Waals surface area contributed by atoms with Crippen LogP contribution in [0.3, 0.4) is 0 Å². The fraction of sp³-hybridized carbons (Fsp3) is 0.312. The molecule has 0 saturated carbocycles. The van der Waals surface area contributed by atoms with Crippen LogP contribution in [0.5, 0.6) is 0 Å². The number of aromatic nitrogens is 4. The minimum atomic E-state index is 0.123. The van der Waals surface area contributed by atoms with Gasteiger partial charge in [-0.25, -0.2) is 4.68 Å². The number of benzene rings is 1. The molecule has 1 aliphatic rings. The predicted octanol–water partition coefficient (Wildman–Crippen LogP) is 1.97. The lowest BCUT2D eigenvalue weighted by atomic mass is 10.0. The Hall–Kier alpha value is -2.47. The number of ketones is 1. The highest BCUT2D eigenvalue weighted by Crippen LogP contribution is 2.19. The number of para-hydroxylation sites is 1. The number of epoxide rings is 1. The monoisotopic (exact) mass is 296 g/mol. The molecule has 2 aromatic heterocycles. The van der Waals surface area contributed by atoms with Gasteiger partial charge in [-0.1, -0.05) is 23.4 Å². The van der Waals surface area contributed by atoms with Crippen LogP contribution in [-0.2, 0) is 17.7 Å². The number of carbonyl (C=O) groups is 1. The average Bonchev–Trinajstić information content (AvgIpc) is 3.07. The topological polar surface area (TPSA) is 76.1 Å². The van der Waals surface area contributed by atoms with Crippen molar-refractivity contribution in [1.29, 1.82) is 0 Å². The van der Waals surface area contributed by atoms with E-state index in [4.69, 9.17) is 4.74 Å². The lowest BCUT2D eigenvalue weighted by Crippen LogP contribution is -2.04. The second kappa shape index (κ2) is 5.38. The van der Waals surface area contributed by atoms with E-state index in [2.05, 4.69) is 15.3 Å². The van der Waals surface area contributed by atoms with E-state index in [0.717, 1.165) is 35.3 Å². The maximum absolute atomic E-state index is 12.4. The van der Waals surface area contributed by atoms with Crippen LogP contribution in [-0.4, -0.2) is 38.5 Å². The summed E-state index contributed by atoms with van der Waals surface area (Å²) in [6, 6.07) is 7.83. The summed E-state index contributed by atoms with van der Waals surface area (Å²) >= 11 is 0. The SMILES string of the molecule is O=C(CCc1cn(C[C@H]2CO2)nn1)c1c[nH]c2ccccc12. The summed E-state index contributed by atoms with van der Waals surface area (Å²) in [6.07, 6.45) is 4.99. The fourth-order valence-corrected chi connectivity index (χ4v) is 2.60. The van der Waals surface area contributed by atoms with Crippen molar-refractivity contribution < 1.29 is 9.53 Å². The quantitative estimate of drug-likeness (QED) is 0.557. The van der Waals surface area contributed by atoms with Crippen molar-refractivity contribution in [2.45, 2.75) is 25.5 Å². The molecule has 6 heteroatoms. The van der Waals surface area contributed by atoms with Crippen LogP contribution >= 0.6 is 0 Å². The van der Waals surface area contributed by atoms with Crippen molar-refractivity contribution >= 4 is 16.7 Å². The first-order valence-electron chi connectivity index (χ1n) is 7.39. The minimum absolute atomic E-state index is 0.123. The molecule has 1 N–H and O–H groups in total. The minimum Gasteiger partial charge on any atom is -0.371 e. The zero-order valence-electron chi connectivity index (χ0n) is 12.0. The van der Waals surface area contributed by atoms with E-state index in [1.807, 2.05) is 30.5 Å². The van der Waals surface area contributed by atoms with Crippen LogP contribution in [0.1, 0.15) is 22.5 Å². The van der Waals surface area contributed by atoms with Gasteiger partial charge in [0.1, 0.15) is 6.10 Å². The molecule has 0 aliphatic carbocycles. The number of Topliss-reactive ketones (excluding diaryl/α,β-unsaturated/α-hetero) is 1. The fourth-order valence-electron chi connectivity index (χ4n) is 2.60. The molecule has 22 heavy (non-hydrogen) atoms. The van der Waals surface area contributed by atoms with Crippen LogP contribution in [0.25, 0.3) is 10.9 Å². The number of H-pyrrole nitrogens is 1. The second-order valence-electron chi connectivity index (χ2n) is 5.56. The molecule has 0 radical (unpaired) electrons. The normalized spacial score (nSPS) is 17.0. The molecule has 112 valence electrons. The molecule has 1 atom stereocenters. The van der Waals surface area contributed by atoms with Gasteiger partial charge in [0.2, 0.25) is 0 Å². The predicted molar refractivity (Wildman–Crippen MR) is 80.7 cm³/mol. The number of hydrogen-bond donors (Lipinski definition) is 1. The van der Waals surface area contributed by atoms with Gasteiger partial charge >= 0.3 is 0 Å². The summed E-state index contributed by atoms with van der Waals surface area (Å²) in [5, 5.41) is 9.14. The Morgan fingerprint density at radius 2 is 2.27 bits per heavy atom. The zero-order chi connectivity index (χ0) is 14.9. The molecule has 0 spiro atoms. The van der Waals surface area contributed by atoms with Crippen molar-refractivity contribution in [1.82, 2.24) is 20.0 Å². The van der Waals surface area contributed by atoms with E-state index < -0.39 is 0 Å². The summed E-state index contributed by atoms with van der Waals surface area (Å²) < 4.78 is 6.94. The number of rotatable bonds is 6. The molecule has 1 aromatic carbocycles. The first-order valence-corrected chi connectivity index (χ1v) is 7.39. The van der Waals surface area contributed by atoms with Gasteiger partial charge in [0.25, 0.3) is 0 Å². The highest BCUT2D eigenvalue weighted by atomic mass is 16.6. The summed E-state index contributed by atoms with van der Waals surface area (Å²) in [6.45, 7) is 1.54. The van der Waals surface area contributed by atoms with Gasteiger partial charge in [0, 0.05) is 41.7 Å². The summed E-state index contributed by atoms with van der Waals surface area (Å²) in [7, 11) is 0. The Balaban J connectivity index is 1.42. The van der Waals surface area contributed by atoms with Crippen LogP contribution < -0.4 is 0 Å². The molecule has 4 rings (SSSR count). The van der Waals surface area contributed by atoms with E-state index in [1.165, 1.54) is 0 Å². The molecular formula is C16H16N4O2. The third kappa shape index (κ3) is 2.65. The first kappa shape index (κ1) is 13.2. The number of hydrogen-bond acceptors (Lipinski definition) is 4. The zero-order valence-corrected chi connectivity index (χ0v) is 12.0. The third-order valence-corrected chi connectivity index (χ3v) is 3.88. The molecule has 3 aromatic rings. The van der Waals surface area contributed by atoms with Gasteiger partial charge in [-0.15, -0.1) is 5.10 Å². The number of nitrogens with zero attached hydrogens (tertiary/aromatic N) is 3.